The molecule has 0 aliphatic carbocycles. The van der Waals surface area contributed by atoms with Gasteiger partial charge in [0.25, 0.3) is 0 Å². The number of allylic oxidation sites excluding steroid dienone is 1. The Morgan fingerprint density at radius 3 is 2.48 bits per heavy atom. The van der Waals surface area contributed by atoms with Gasteiger partial charge in [0.05, 0.1) is 52.7 Å². The molecule has 12 nitrogen and oxygen atoms in total. The zero-order valence-electron chi connectivity index (χ0n) is 26.6. The highest BCUT2D eigenvalue weighted by atomic mass is 79.9. The largest absolute Gasteiger partial charge is 0.490 e. The van der Waals surface area contributed by atoms with E-state index in [4.69, 9.17) is 46.9 Å². The van der Waals surface area contributed by atoms with Crippen LogP contribution in [0, 0.1) is 0 Å². The summed E-state index contributed by atoms with van der Waals surface area (Å²) in [7, 11) is 1.27. The van der Waals surface area contributed by atoms with Gasteiger partial charge in [0.2, 0.25) is 0 Å². The molecule has 1 aliphatic rings. The van der Waals surface area contributed by atoms with E-state index in [0.29, 0.717) is 67.6 Å². The van der Waals surface area contributed by atoms with Gasteiger partial charge in [-0.3, -0.25) is 5.43 Å². The van der Waals surface area contributed by atoms with Crippen molar-refractivity contribution in [2.24, 2.45) is 5.10 Å². The van der Waals surface area contributed by atoms with E-state index in [0.717, 1.165) is 5.56 Å². The Bertz CT molecular complexity index is 1700. The van der Waals surface area contributed by atoms with E-state index < -0.39 is 24.3 Å². The molecular weight excluding hydrogens is 731 g/mol. The standard InChI is InChI=1S/C33H35BrCl2N4O8/c1-5-45-26-14-21(30-29(32(42)44-4)18(3)38-33(43)39-30)8-10-25(26)47-17-28(41)40-37-15-20-11-22(34)31(27(13-20)46-6-2)48-16-19-7-9-23(35)24(36)12-19/h7-15,28,30,40-41H,5-6,16-17H2,1-4H3,(H2,38,39,43)/b37-15+/t28-,30+/m0/s1. The maximum Gasteiger partial charge on any atom is 0.337 e. The van der Waals surface area contributed by atoms with Crippen molar-refractivity contribution in [3.63, 3.8) is 0 Å². The van der Waals surface area contributed by atoms with Crippen LogP contribution in [0.1, 0.15) is 43.5 Å². The lowest BCUT2D eigenvalue weighted by atomic mass is 9.95. The molecule has 4 N–H and O–H groups in total. The first-order valence-electron chi connectivity index (χ1n) is 14.8. The van der Waals surface area contributed by atoms with Gasteiger partial charge in [0.15, 0.2) is 29.2 Å². The van der Waals surface area contributed by atoms with Gasteiger partial charge in [-0.1, -0.05) is 35.3 Å². The molecule has 48 heavy (non-hydrogen) atoms. The highest BCUT2D eigenvalue weighted by Gasteiger charge is 2.32. The first-order valence-corrected chi connectivity index (χ1v) is 16.3. The summed E-state index contributed by atoms with van der Waals surface area (Å²) in [6.45, 7) is 6.08. The van der Waals surface area contributed by atoms with Crippen molar-refractivity contribution in [3.05, 3.63) is 91.0 Å². The molecule has 0 unspecified atom stereocenters. The molecule has 0 saturated heterocycles. The molecule has 2 amide bonds. The highest BCUT2D eigenvalue weighted by Crippen LogP contribution is 2.38. The normalized spacial score (nSPS) is 15.0. The van der Waals surface area contributed by atoms with E-state index in [9.17, 15) is 14.7 Å². The number of carbonyl (C=O) groups excluding carboxylic acids is 2. The summed E-state index contributed by atoms with van der Waals surface area (Å²) in [6, 6.07) is 12.6. The molecule has 3 aromatic rings. The molecule has 0 spiro atoms. The Morgan fingerprint density at radius 1 is 1.02 bits per heavy atom. The number of hydrazone groups is 1. The maximum absolute atomic E-state index is 12.5. The summed E-state index contributed by atoms with van der Waals surface area (Å²) < 4.78 is 29.0. The Kier molecular flexibility index (Phi) is 13.2. The number of nitrogens with one attached hydrogen (secondary N) is 3. The monoisotopic (exact) mass is 764 g/mol. The number of aliphatic hydroxyl groups is 1. The number of amides is 2. The van der Waals surface area contributed by atoms with Crippen LogP contribution in [0.25, 0.3) is 0 Å². The molecule has 0 aromatic heterocycles. The number of rotatable bonds is 15. The quantitative estimate of drug-likeness (QED) is 0.0610. The molecule has 256 valence electrons. The number of urea groups is 1. The van der Waals surface area contributed by atoms with Crippen LogP contribution < -0.4 is 35.0 Å². The average molecular weight is 766 g/mol. The lowest BCUT2D eigenvalue weighted by molar-refractivity contribution is -0.136. The van der Waals surface area contributed by atoms with Crippen LogP contribution >= 0.6 is 39.1 Å². The topological polar surface area (TPSA) is 149 Å². The van der Waals surface area contributed by atoms with Crippen LogP contribution in [0.3, 0.4) is 0 Å². The van der Waals surface area contributed by atoms with E-state index >= 15 is 0 Å². The van der Waals surface area contributed by atoms with Crippen LogP contribution in [0.4, 0.5) is 4.79 Å². The second kappa shape index (κ2) is 17.3. The van der Waals surface area contributed by atoms with Gasteiger partial charge in [-0.05, 0) is 89.8 Å². The van der Waals surface area contributed by atoms with Gasteiger partial charge in [-0.25, -0.2) is 9.59 Å². The number of benzene rings is 3. The summed E-state index contributed by atoms with van der Waals surface area (Å²) >= 11 is 15.7. The number of esters is 1. The minimum atomic E-state index is -1.18. The van der Waals surface area contributed by atoms with Gasteiger partial charge in [0, 0.05) is 5.70 Å². The zero-order chi connectivity index (χ0) is 34.8. The number of ether oxygens (including phenoxy) is 5. The molecule has 0 fully saturated rings. The number of methoxy groups -OCH3 is 1. The van der Waals surface area contributed by atoms with Crippen LogP contribution in [-0.4, -0.2) is 56.5 Å². The van der Waals surface area contributed by atoms with E-state index in [1.165, 1.54) is 13.3 Å². The van der Waals surface area contributed by atoms with Gasteiger partial charge >= 0.3 is 12.0 Å². The number of aliphatic hydroxyl groups excluding tert-OH is 1. The summed E-state index contributed by atoms with van der Waals surface area (Å²) in [5.74, 6) is 1.12. The molecule has 0 bridgehead atoms. The van der Waals surface area contributed by atoms with E-state index in [1.807, 2.05) is 13.0 Å². The van der Waals surface area contributed by atoms with Crippen molar-refractivity contribution in [3.8, 4) is 23.0 Å². The van der Waals surface area contributed by atoms with Gasteiger partial charge in [0.1, 0.15) is 13.2 Å². The van der Waals surface area contributed by atoms with Crippen molar-refractivity contribution in [2.45, 2.75) is 39.6 Å². The Morgan fingerprint density at radius 2 is 1.77 bits per heavy atom. The van der Waals surface area contributed by atoms with E-state index in [-0.39, 0.29) is 18.8 Å². The first kappa shape index (κ1) is 36.7. The molecule has 0 radical (unpaired) electrons. The third-order valence-corrected chi connectivity index (χ3v) is 8.14. The summed E-state index contributed by atoms with van der Waals surface area (Å²) in [5, 5.41) is 20.9. The third-order valence-electron chi connectivity index (χ3n) is 6.81. The number of carbonyl (C=O) groups is 2. The third kappa shape index (κ3) is 9.47. The Labute approximate surface area is 296 Å². The maximum atomic E-state index is 12.5. The Balaban J connectivity index is 1.40. The fourth-order valence-corrected chi connectivity index (χ4v) is 5.57. The molecule has 0 saturated carbocycles. The Hall–Kier alpha value is -4.17. The first-order chi connectivity index (χ1) is 23.0. The van der Waals surface area contributed by atoms with Crippen LogP contribution in [0.5, 0.6) is 23.0 Å². The van der Waals surface area contributed by atoms with Crippen molar-refractivity contribution in [2.75, 3.05) is 26.9 Å². The molecular formula is C33H35BrCl2N4O8. The minimum Gasteiger partial charge on any atom is -0.490 e. The molecule has 1 heterocycles. The molecule has 4 rings (SSSR count). The summed E-state index contributed by atoms with van der Waals surface area (Å²) in [5.41, 5.74) is 5.36. The summed E-state index contributed by atoms with van der Waals surface area (Å²) in [4.78, 5) is 24.7. The fourth-order valence-electron chi connectivity index (χ4n) is 4.67. The van der Waals surface area contributed by atoms with Crippen LogP contribution in [0.15, 0.2) is 69.4 Å². The van der Waals surface area contributed by atoms with E-state index in [1.54, 1.807) is 56.3 Å². The van der Waals surface area contributed by atoms with Crippen LogP contribution in [-0.2, 0) is 16.1 Å². The second-order valence-electron chi connectivity index (χ2n) is 10.2. The highest BCUT2D eigenvalue weighted by molar-refractivity contribution is 9.10. The molecule has 15 heteroatoms. The molecule has 2 atom stereocenters. The smallest absolute Gasteiger partial charge is 0.337 e. The average Bonchev–Trinajstić information content (AvgIpc) is 3.05. The number of hydrogen-bond acceptors (Lipinski definition) is 10. The number of hydrogen-bond donors (Lipinski definition) is 4. The predicted octanol–water partition coefficient (Wildman–Crippen LogP) is 6.25. The number of nitrogens with zero attached hydrogens (tertiary/aromatic N) is 1. The zero-order valence-corrected chi connectivity index (χ0v) is 29.7. The fraction of sp³-hybridized carbons (Fsp3) is 0.303. The molecule has 3 aromatic carbocycles. The van der Waals surface area contributed by atoms with Crippen molar-refractivity contribution < 1.29 is 38.4 Å². The van der Waals surface area contributed by atoms with Crippen molar-refractivity contribution in [1.29, 1.82) is 0 Å². The van der Waals surface area contributed by atoms with Gasteiger partial charge in [-0.2, -0.15) is 5.10 Å². The van der Waals surface area contributed by atoms with Crippen molar-refractivity contribution in [1.82, 2.24) is 16.1 Å². The minimum absolute atomic E-state index is 0.178. The van der Waals surface area contributed by atoms with E-state index in [2.05, 4.69) is 37.1 Å². The van der Waals surface area contributed by atoms with Gasteiger partial charge < -0.3 is 39.4 Å². The van der Waals surface area contributed by atoms with Crippen molar-refractivity contribution >= 4 is 57.3 Å². The SMILES string of the molecule is CCOc1cc([C@H]2NC(=O)NC(C)=C2C(=O)OC)ccc1OC[C@H](O)N/N=C/c1cc(Br)c(OCc2ccc(Cl)c(Cl)c2)c(OCC)c1. The summed E-state index contributed by atoms with van der Waals surface area (Å²) in [6.07, 6.45) is 0.334. The number of halogens is 3. The van der Waals surface area contributed by atoms with Crippen LogP contribution in [0.2, 0.25) is 10.0 Å². The van der Waals surface area contributed by atoms with Gasteiger partial charge in [-0.15, -0.1) is 0 Å². The molecule has 1 aliphatic heterocycles. The lowest BCUT2D eigenvalue weighted by Gasteiger charge is -2.28. The lowest BCUT2D eigenvalue weighted by Crippen LogP contribution is -2.45. The predicted molar refractivity (Wildman–Crippen MR) is 185 cm³/mol. The second-order valence-corrected chi connectivity index (χ2v) is 11.9.